The van der Waals surface area contributed by atoms with Crippen LogP contribution in [0.25, 0.3) is 0 Å². The topological polar surface area (TPSA) is 42.0 Å². The summed E-state index contributed by atoms with van der Waals surface area (Å²) in [7, 11) is 0. The number of carbonyl (C=O) groups excluding carboxylic acids is 1. The summed E-state index contributed by atoms with van der Waals surface area (Å²) in [6, 6.07) is 2.79. The Balaban J connectivity index is 2.87. The third kappa shape index (κ3) is 3.19. The van der Waals surface area contributed by atoms with Gasteiger partial charge in [-0.2, -0.15) is 13.2 Å². The minimum Gasteiger partial charge on any atom is -0.317 e. The molecule has 0 unspecified atom stereocenters. The quantitative estimate of drug-likeness (QED) is 0.805. The number of halogens is 4. The van der Waals surface area contributed by atoms with E-state index in [0.717, 1.165) is 0 Å². The van der Waals surface area contributed by atoms with Crippen molar-refractivity contribution < 1.29 is 18.0 Å². The summed E-state index contributed by atoms with van der Waals surface area (Å²) in [5, 5.41) is 1.73. The fourth-order valence-electron chi connectivity index (χ4n) is 0.856. The second-order valence-corrected chi connectivity index (χ2v) is 3.53. The number of amides is 1. The van der Waals surface area contributed by atoms with Crippen molar-refractivity contribution in [3.63, 3.8) is 0 Å². The lowest BCUT2D eigenvalue weighted by Gasteiger charge is -2.09. The van der Waals surface area contributed by atoms with E-state index in [1.807, 2.05) is 0 Å². The lowest BCUT2D eigenvalue weighted by atomic mass is 10.3. The van der Waals surface area contributed by atoms with Crippen LogP contribution in [-0.2, 0) is 4.79 Å². The van der Waals surface area contributed by atoms with Gasteiger partial charge in [0, 0.05) is 0 Å². The lowest BCUT2D eigenvalue weighted by molar-refractivity contribution is -0.167. The maximum absolute atomic E-state index is 11.9. The van der Waals surface area contributed by atoms with Gasteiger partial charge in [-0.15, -0.1) is 0 Å². The van der Waals surface area contributed by atoms with Gasteiger partial charge < -0.3 is 5.32 Å². The molecule has 0 aromatic carbocycles. The van der Waals surface area contributed by atoms with Gasteiger partial charge in [0.2, 0.25) is 0 Å². The number of hydrogen-bond acceptors (Lipinski definition) is 2. The van der Waals surface area contributed by atoms with E-state index in [2.05, 4.69) is 20.9 Å². The van der Waals surface area contributed by atoms with Crippen LogP contribution in [0.3, 0.4) is 0 Å². The Morgan fingerprint density at radius 1 is 1.47 bits per heavy atom. The number of hydrogen-bond donors (Lipinski definition) is 1. The van der Waals surface area contributed by atoms with Gasteiger partial charge in [0.05, 0.1) is 11.4 Å². The summed E-state index contributed by atoms with van der Waals surface area (Å²) < 4.78 is 36.2. The number of rotatable bonds is 1. The van der Waals surface area contributed by atoms with E-state index < -0.39 is 12.1 Å². The Hall–Kier alpha value is -1.11. The monoisotopic (exact) mass is 282 g/mol. The molecular formula is C8H6BrF3N2O. The molecule has 1 N–H and O–H groups in total. The van der Waals surface area contributed by atoms with Gasteiger partial charge >= 0.3 is 12.1 Å². The van der Waals surface area contributed by atoms with E-state index >= 15 is 0 Å². The van der Waals surface area contributed by atoms with Crippen LogP contribution in [0.1, 0.15) is 5.69 Å². The molecule has 0 aliphatic heterocycles. The summed E-state index contributed by atoms with van der Waals surface area (Å²) in [6.45, 7) is 1.50. The van der Waals surface area contributed by atoms with Crippen molar-refractivity contribution in [3.05, 3.63) is 22.4 Å². The molecule has 0 aliphatic carbocycles. The van der Waals surface area contributed by atoms with E-state index in [1.165, 1.54) is 19.1 Å². The highest BCUT2D eigenvalue weighted by Gasteiger charge is 2.38. The molecule has 0 bridgehead atoms. The van der Waals surface area contributed by atoms with Crippen molar-refractivity contribution in [1.82, 2.24) is 4.98 Å². The van der Waals surface area contributed by atoms with Crippen LogP contribution in [0.2, 0.25) is 0 Å². The molecule has 1 rings (SSSR count). The highest BCUT2D eigenvalue weighted by atomic mass is 79.9. The molecule has 1 amide bonds. The van der Waals surface area contributed by atoms with Crippen molar-refractivity contribution in [1.29, 1.82) is 0 Å². The predicted octanol–water partition coefficient (Wildman–Crippen LogP) is 2.65. The van der Waals surface area contributed by atoms with Crippen LogP contribution >= 0.6 is 15.9 Å². The lowest BCUT2D eigenvalue weighted by Crippen LogP contribution is -2.30. The number of nitrogens with zero attached hydrogens (tertiary/aromatic N) is 1. The van der Waals surface area contributed by atoms with Gasteiger partial charge in [-0.1, -0.05) is 0 Å². The van der Waals surface area contributed by atoms with Crippen molar-refractivity contribution in [2.75, 3.05) is 5.32 Å². The molecule has 1 heterocycles. The SMILES string of the molecule is Cc1nc(Br)ccc1NC(=O)C(F)(F)F. The number of alkyl halides is 3. The van der Waals surface area contributed by atoms with Gasteiger partial charge in [0.25, 0.3) is 0 Å². The molecule has 0 aliphatic rings. The van der Waals surface area contributed by atoms with Crippen LogP contribution in [0, 0.1) is 6.92 Å². The van der Waals surface area contributed by atoms with Crippen LogP contribution in [-0.4, -0.2) is 17.1 Å². The van der Waals surface area contributed by atoms with E-state index in [-0.39, 0.29) is 5.69 Å². The van der Waals surface area contributed by atoms with Crippen LogP contribution in [0.5, 0.6) is 0 Å². The normalized spacial score (nSPS) is 11.3. The summed E-state index contributed by atoms with van der Waals surface area (Å²) >= 11 is 3.06. The number of aryl methyl sites for hydroxylation is 1. The van der Waals surface area contributed by atoms with E-state index in [1.54, 1.807) is 5.32 Å². The molecule has 0 fully saturated rings. The first kappa shape index (κ1) is 12.0. The Morgan fingerprint density at radius 2 is 2.07 bits per heavy atom. The highest BCUT2D eigenvalue weighted by Crippen LogP contribution is 2.20. The molecule has 0 saturated heterocycles. The Kier molecular flexibility index (Phi) is 3.33. The summed E-state index contributed by atoms with van der Waals surface area (Å²) in [5.74, 6) is -2.00. The molecule has 7 heteroatoms. The number of nitrogens with one attached hydrogen (secondary N) is 1. The molecule has 1 aromatic heterocycles. The van der Waals surface area contributed by atoms with Crippen LogP contribution < -0.4 is 5.32 Å². The Morgan fingerprint density at radius 3 is 2.53 bits per heavy atom. The zero-order valence-electron chi connectivity index (χ0n) is 7.52. The van der Waals surface area contributed by atoms with E-state index in [9.17, 15) is 18.0 Å². The van der Waals surface area contributed by atoms with Crippen molar-refractivity contribution >= 4 is 27.5 Å². The molecule has 3 nitrogen and oxygen atoms in total. The van der Waals surface area contributed by atoms with E-state index in [4.69, 9.17) is 0 Å². The highest BCUT2D eigenvalue weighted by molar-refractivity contribution is 9.10. The third-order valence-corrected chi connectivity index (χ3v) is 2.00. The number of anilines is 1. The average molecular weight is 283 g/mol. The molecule has 0 atom stereocenters. The molecule has 0 saturated carbocycles. The maximum atomic E-state index is 11.9. The van der Waals surface area contributed by atoms with Gasteiger partial charge in [-0.05, 0) is 35.0 Å². The smallest absolute Gasteiger partial charge is 0.317 e. The fourth-order valence-corrected chi connectivity index (χ4v) is 1.25. The standard InChI is InChI=1S/C8H6BrF3N2O/c1-4-5(2-3-6(9)13-4)14-7(15)8(10,11)12/h2-3H,1H3,(H,14,15). The molecular weight excluding hydrogens is 277 g/mol. The first-order valence-electron chi connectivity index (χ1n) is 3.82. The van der Waals surface area contributed by atoms with Crippen molar-refractivity contribution in [2.45, 2.75) is 13.1 Å². The summed E-state index contributed by atoms with van der Waals surface area (Å²) in [4.78, 5) is 14.4. The number of aromatic nitrogens is 1. The van der Waals surface area contributed by atoms with Gasteiger partial charge in [0.1, 0.15) is 4.60 Å². The first-order chi connectivity index (χ1) is 6.80. The third-order valence-electron chi connectivity index (χ3n) is 1.56. The van der Waals surface area contributed by atoms with Crippen LogP contribution in [0.15, 0.2) is 16.7 Å². The second kappa shape index (κ2) is 4.18. The van der Waals surface area contributed by atoms with Crippen molar-refractivity contribution in [2.24, 2.45) is 0 Å². The largest absolute Gasteiger partial charge is 0.471 e. The molecule has 1 aromatic rings. The summed E-state index contributed by atoms with van der Waals surface area (Å²) in [6.07, 6.45) is -4.89. The van der Waals surface area contributed by atoms with Crippen LogP contribution in [0.4, 0.5) is 18.9 Å². The van der Waals surface area contributed by atoms with Gasteiger partial charge in [-0.25, -0.2) is 4.98 Å². The zero-order valence-corrected chi connectivity index (χ0v) is 9.11. The minimum atomic E-state index is -4.89. The molecule has 82 valence electrons. The maximum Gasteiger partial charge on any atom is 0.471 e. The summed E-state index contributed by atoms with van der Waals surface area (Å²) in [5.41, 5.74) is 0.350. The molecule has 15 heavy (non-hydrogen) atoms. The number of carbonyl (C=O) groups is 1. The zero-order chi connectivity index (χ0) is 11.6. The predicted molar refractivity (Wildman–Crippen MR) is 51.4 cm³/mol. The fraction of sp³-hybridized carbons (Fsp3) is 0.250. The van der Waals surface area contributed by atoms with Crippen molar-refractivity contribution in [3.8, 4) is 0 Å². The first-order valence-corrected chi connectivity index (χ1v) is 4.61. The minimum absolute atomic E-state index is 0.0422. The second-order valence-electron chi connectivity index (χ2n) is 2.72. The molecule has 0 spiro atoms. The average Bonchev–Trinajstić information content (AvgIpc) is 2.08. The van der Waals surface area contributed by atoms with Gasteiger partial charge in [0.15, 0.2) is 0 Å². The van der Waals surface area contributed by atoms with Gasteiger partial charge in [-0.3, -0.25) is 4.79 Å². The Labute approximate surface area is 91.8 Å². The van der Waals surface area contributed by atoms with E-state index in [0.29, 0.717) is 10.3 Å². The molecule has 0 radical (unpaired) electrons. The Bertz CT molecular complexity index is 392. The number of pyridine rings is 1.